The Labute approximate surface area is 157 Å². The van der Waals surface area contributed by atoms with Gasteiger partial charge in [-0.15, -0.1) is 11.3 Å². The van der Waals surface area contributed by atoms with Gasteiger partial charge in [0.15, 0.2) is 10.9 Å². The lowest BCUT2D eigenvalue weighted by Gasteiger charge is -2.06. The van der Waals surface area contributed by atoms with Gasteiger partial charge in [0.05, 0.1) is 12.0 Å². The topological polar surface area (TPSA) is 116 Å². The van der Waals surface area contributed by atoms with Crippen LogP contribution in [0.4, 0.5) is 5.13 Å². The maximum atomic E-state index is 12.8. The number of carbonyl (C=O) groups is 2. The summed E-state index contributed by atoms with van der Waals surface area (Å²) in [4.78, 5) is 28.0. The number of furan rings is 1. The van der Waals surface area contributed by atoms with Crippen LogP contribution in [0.25, 0.3) is 17.1 Å². The van der Waals surface area contributed by atoms with Gasteiger partial charge in [0, 0.05) is 11.4 Å². The monoisotopic (exact) mass is 379 g/mol. The van der Waals surface area contributed by atoms with E-state index in [4.69, 9.17) is 10.2 Å². The number of thiazole rings is 1. The van der Waals surface area contributed by atoms with Crippen molar-refractivity contribution in [3.63, 3.8) is 0 Å². The molecular formula is C18H13N5O3S. The van der Waals surface area contributed by atoms with Crippen molar-refractivity contribution in [1.82, 2.24) is 14.8 Å². The van der Waals surface area contributed by atoms with E-state index in [1.807, 2.05) is 30.3 Å². The Kier molecular flexibility index (Phi) is 4.27. The highest BCUT2D eigenvalue weighted by molar-refractivity contribution is 7.14. The van der Waals surface area contributed by atoms with Crippen molar-refractivity contribution in [3.05, 3.63) is 71.6 Å². The number of rotatable bonds is 5. The fourth-order valence-electron chi connectivity index (χ4n) is 2.46. The van der Waals surface area contributed by atoms with Gasteiger partial charge < -0.3 is 10.2 Å². The van der Waals surface area contributed by atoms with E-state index in [-0.39, 0.29) is 10.8 Å². The Bertz CT molecular complexity index is 1100. The second-order valence-corrected chi connectivity index (χ2v) is 6.35. The van der Waals surface area contributed by atoms with Crippen LogP contribution in [0.5, 0.6) is 0 Å². The van der Waals surface area contributed by atoms with E-state index in [1.165, 1.54) is 16.3 Å². The number of hydrogen-bond donors (Lipinski definition) is 2. The molecule has 4 aromatic rings. The van der Waals surface area contributed by atoms with Gasteiger partial charge in [-0.05, 0) is 24.3 Å². The molecular weight excluding hydrogens is 366 g/mol. The molecule has 9 heteroatoms. The summed E-state index contributed by atoms with van der Waals surface area (Å²) in [5, 5.41) is 8.92. The van der Waals surface area contributed by atoms with E-state index in [0.29, 0.717) is 17.1 Å². The first-order valence-electron chi connectivity index (χ1n) is 7.88. The predicted octanol–water partition coefficient (Wildman–Crippen LogP) is 2.94. The molecule has 134 valence electrons. The lowest BCUT2D eigenvalue weighted by Crippen LogP contribution is -2.17. The number of aromatic nitrogens is 3. The van der Waals surface area contributed by atoms with Crippen molar-refractivity contribution in [2.24, 2.45) is 5.73 Å². The van der Waals surface area contributed by atoms with Gasteiger partial charge in [0.2, 0.25) is 0 Å². The van der Waals surface area contributed by atoms with Gasteiger partial charge >= 0.3 is 0 Å². The highest BCUT2D eigenvalue weighted by Gasteiger charge is 2.20. The van der Waals surface area contributed by atoms with Gasteiger partial charge in [-0.1, -0.05) is 18.2 Å². The van der Waals surface area contributed by atoms with Crippen LogP contribution in [-0.2, 0) is 0 Å². The number of amides is 2. The van der Waals surface area contributed by atoms with E-state index in [0.717, 1.165) is 17.0 Å². The molecule has 3 heterocycles. The molecule has 0 fully saturated rings. The Morgan fingerprint density at radius 2 is 1.96 bits per heavy atom. The number of nitrogens with one attached hydrogen (secondary N) is 1. The highest BCUT2D eigenvalue weighted by atomic mass is 32.1. The third-order valence-corrected chi connectivity index (χ3v) is 4.45. The standard InChI is InChI=1S/C18H13N5O3S/c19-16(24)13-10-27-18(20-13)21-17(25)14-9-12(15-7-4-8-26-15)22-23(14)11-5-2-1-3-6-11/h1-10H,(H2,19,24)(H,20,21,25). The molecule has 0 aliphatic carbocycles. The number of nitrogens with zero attached hydrogens (tertiary/aromatic N) is 3. The molecule has 0 aliphatic heterocycles. The Balaban J connectivity index is 1.71. The molecule has 0 saturated heterocycles. The van der Waals surface area contributed by atoms with Gasteiger partial charge in [0.25, 0.3) is 11.8 Å². The molecule has 4 rings (SSSR count). The third kappa shape index (κ3) is 3.35. The number of primary amides is 1. The lowest BCUT2D eigenvalue weighted by molar-refractivity contribution is 0.0991. The quantitative estimate of drug-likeness (QED) is 0.553. The first-order chi connectivity index (χ1) is 13.1. The summed E-state index contributed by atoms with van der Waals surface area (Å²) in [6.07, 6.45) is 1.54. The summed E-state index contributed by atoms with van der Waals surface area (Å²) in [5.74, 6) is -0.528. The molecule has 1 aromatic carbocycles. The van der Waals surface area contributed by atoms with Crippen molar-refractivity contribution in [1.29, 1.82) is 0 Å². The van der Waals surface area contributed by atoms with Crippen molar-refractivity contribution < 1.29 is 14.0 Å². The van der Waals surface area contributed by atoms with Crippen molar-refractivity contribution in [2.75, 3.05) is 5.32 Å². The van der Waals surface area contributed by atoms with Crippen LogP contribution >= 0.6 is 11.3 Å². The number of benzene rings is 1. The van der Waals surface area contributed by atoms with Crippen LogP contribution in [0, 0.1) is 0 Å². The summed E-state index contributed by atoms with van der Waals surface area (Å²) >= 11 is 1.12. The van der Waals surface area contributed by atoms with Crippen LogP contribution in [-0.4, -0.2) is 26.6 Å². The zero-order valence-corrected chi connectivity index (χ0v) is 14.6. The molecule has 3 aromatic heterocycles. The predicted molar refractivity (Wildman–Crippen MR) is 99.9 cm³/mol. The first kappa shape index (κ1) is 16.7. The summed E-state index contributed by atoms with van der Waals surface area (Å²) in [7, 11) is 0. The maximum Gasteiger partial charge on any atom is 0.276 e. The number of nitrogens with two attached hydrogens (primary N) is 1. The van der Waals surface area contributed by atoms with Crippen molar-refractivity contribution in [2.45, 2.75) is 0 Å². The molecule has 0 radical (unpaired) electrons. The molecule has 0 saturated carbocycles. The molecule has 2 amide bonds. The summed E-state index contributed by atoms with van der Waals surface area (Å²) < 4.78 is 6.91. The van der Waals surface area contributed by atoms with E-state index in [1.54, 1.807) is 18.2 Å². The average Bonchev–Trinajstić information content (AvgIpc) is 3.42. The number of hydrogen-bond acceptors (Lipinski definition) is 6. The highest BCUT2D eigenvalue weighted by Crippen LogP contribution is 2.23. The molecule has 27 heavy (non-hydrogen) atoms. The lowest BCUT2D eigenvalue weighted by atomic mass is 10.2. The fourth-order valence-corrected chi connectivity index (χ4v) is 3.15. The molecule has 3 N–H and O–H groups in total. The molecule has 0 aliphatic rings. The summed E-state index contributed by atoms with van der Waals surface area (Å²) in [6, 6.07) is 14.4. The first-order valence-corrected chi connectivity index (χ1v) is 8.76. The van der Waals surface area contributed by atoms with Gasteiger partial charge in [-0.3, -0.25) is 14.9 Å². The van der Waals surface area contributed by atoms with E-state index >= 15 is 0 Å². The summed E-state index contributed by atoms with van der Waals surface area (Å²) in [5.41, 5.74) is 6.83. The molecule has 8 nitrogen and oxygen atoms in total. The number of para-hydroxylation sites is 1. The third-order valence-electron chi connectivity index (χ3n) is 3.69. The SMILES string of the molecule is NC(=O)c1csc(NC(=O)c2cc(-c3ccco3)nn2-c2ccccc2)n1. The average molecular weight is 379 g/mol. The van der Waals surface area contributed by atoms with Crippen LogP contribution in [0.15, 0.2) is 64.6 Å². The van der Waals surface area contributed by atoms with Crippen LogP contribution < -0.4 is 11.1 Å². The largest absolute Gasteiger partial charge is 0.463 e. The smallest absolute Gasteiger partial charge is 0.276 e. The summed E-state index contributed by atoms with van der Waals surface area (Å²) in [6.45, 7) is 0. The second-order valence-electron chi connectivity index (χ2n) is 5.50. The Hall–Kier alpha value is -3.72. The minimum absolute atomic E-state index is 0.100. The number of carbonyl (C=O) groups excluding carboxylic acids is 2. The van der Waals surface area contributed by atoms with Crippen LogP contribution in [0.1, 0.15) is 21.0 Å². The Morgan fingerprint density at radius 3 is 2.63 bits per heavy atom. The van der Waals surface area contributed by atoms with Crippen LogP contribution in [0.2, 0.25) is 0 Å². The zero-order valence-electron chi connectivity index (χ0n) is 13.8. The van der Waals surface area contributed by atoms with Gasteiger partial charge in [-0.25, -0.2) is 9.67 Å². The molecule has 0 atom stereocenters. The number of anilines is 1. The van der Waals surface area contributed by atoms with E-state index in [9.17, 15) is 9.59 Å². The van der Waals surface area contributed by atoms with E-state index in [2.05, 4.69) is 15.4 Å². The fraction of sp³-hybridized carbons (Fsp3) is 0. The van der Waals surface area contributed by atoms with Gasteiger partial charge in [-0.2, -0.15) is 5.10 Å². The minimum Gasteiger partial charge on any atom is -0.463 e. The normalized spacial score (nSPS) is 10.7. The van der Waals surface area contributed by atoms with Crippen molar-refractivity contribution in [3.8, 4) is 17.1 Å². The zero-order chi connectivity index (χ0) is 18.8. The molecule has 0 bridgehead atoms. The Morgan fingerprint density at radius 1 is 1.15 bits per heavy atom. The maximum absolute atomic E-state index is 12.8. The molecule has 0 spiro atoms. The van der Waals surface area contributed by atoms with E-state index < -0.39 is 11.8 Å². The minimum atomic E-state index is -0.652. The van der Waals surface area contributed by atoms with Crippen molar-refractivity contribution >= 4 is 28.3 Å². The van der Waals surface area contributed by atoms with Gasteiger partial charge in [0.1, 0.15) is 17.1 Å². The molecule has 0 unspecified atom stereocenters. The van der Waals surface area contributed by atoms with Crippen LogP contribution in [0.3, 0.4) is 0 Å². The second kappa shape index (κ2) is 6.89.